The van der Waals surface area contributed by atoms with Crippen LogP contribution in [0.15, 0.2) is 18.2 Å². The lowest BCUT2D eigenvalue weighted by Gasteiger charge is -2.25. The highest BCUT2D eigenvalue weighted by atomic mass is 16.5. The van der Waals surface area contributed by atoms with Crippen molar-refractivity contribution in [2.75, 3.05) is 13.7 Å². The molecule has 0 bridgehead atoms. The van der Waals surface area contributed by atoms with Gasteiger partial charge in [-0.05, 0) is 37.4 Å². The normalized spacial score (nSPS) is 12.8. The lowest BCUT2D eigenvalue weighted by Crippen LogP contribution is -2.26. The highest BCUT2D eigenvalue weighted by Gasteiger charge is 2.18. The van der Waals surface area contributed by atoms with Gasteiger partial charge in [0.1, 0.15) is 5.75 Å². The fourth-order valence-corrected chi connectivity index (χ4v) is 2.08. The van der Waals surface area contributed by atoms with Crippen LogP contribution < -0.4 is 10.1 Å². The molecule has 1 unspecified atom stereocenters. The Morgan fingerprint density at radius 2 is 2.00 bits per heavy atom. The summed E-state index contributed by atoms with van der Waals surface area (Å²) in [7, 11) is 1.75. The largest absolute Gasteiger partial charge is 0.496 e. The highest BCUT2D eigenvalue weighted by Crippen LogP contribution is 2.30. The minimum atomic E-state index is 0.366. The van der Waals surface area contributed by atoms with Crippen molar-refractivity contribution in [3.05, 3.63) is 29.3 Å². The van der Waals surface area contributed by atoms with E-state index in [1.165, 1.54) is 11.1 Å². The summed E-state index contributed by atoms with van der Waals surface area (Å²) >= 11 is 0. The molecule has 0 saturated heterocycles. The Morgan fingerprint density at radius 1 is 1.29 bits per heavy atom. The molecule has 17 heavy (non-hydrogen) atoms. The second kappa shape index (κ2) is 6.65. The molecule has 0 fully saturated rings. The number of hydrogen-bond donors (Lipinski definition) is 1. The van der Waals surface area contributed by atoms with Gasteiger partial charge in [0.25, 0.3) is 0 Å². The number of aryl methyl sites for hydroxylation is 1. The Bertz CT molecular complexity index is 347. The van der Waals surface area contributed by atoms with Crippen molar-refractivity contribution >= 4 is 0 Å². The molecule has 0 radical (unpaired) electrons. The van der Waals surface area contributed by atoms with E-state index in [-0.39, 0.29) is 0 Å². The van der Waals surface area contributed by atoms with E-state index in [4.69, 9.17) is 4.74 Å². The minimum Gasteiger partial charge on any atom is -0.496 e. The number of hydrogen-bond acceptors (Lipinski definition) is 2. The molecule has 0 aliphatic heterocycles. The fraction of sp³-hybridized carbons (Fsp3) is 0.600. The molecule has 0 saturated carbocycles. The van der Waals surface area contributed by atoms with Gasteiger partial charge in [0.05, 0.1) is 7.11 Å². The molecule has 0 heterocycles. The summed E-state index contributed by atoms with van der Waals surface area (Å²) in [5.41, 5.74) is 2.50. The monoisotopic (exact) mass is 235 g/mol. The lowest BCUT2D eigenvalue weighted by atomic mass is 9.94. The second-order valence-corrected chi connectivity index (χ2v) is 4.92. The summed E-state index contributed by atoms with van der Waals surface area (Å²) in [6.07, 6.45) is 1.15. The van der Waals surface area contributed by atoms with E-state index >= 15 is 0 Å². The number of methoxy groups -OCH3 is 1. The predicted molar refractivity (Wildman–Crippen MR) is 73.6 cm³/mol. The van der Waals surface area contributed by atoms with Crippen LogP contribution in [0.25, 0.3) is 0 Å². The molecule has 0 aliphatic carbocycles. The maximum absolute atomic E-state index is 5.50. The van der Waals surface area contributed by atoms with Crippen molar-refractivity contribution in [3.63, 3.8) is 0 Å². The summed E-state index contributed by atoms with van der Waals surface area (Å²) in [5.74, 6) is 1.55. The first-order chi connectivity index (χ1) is 8.10. The van der Waals surface area contributed by atoms with Crippen LogP contribution >= 0.6 is 0 Å². The molecule has 0 amide bonds. The smallest absolute Gasteiger partial charge is 0.123 e. The number of nitrogens with one attached hydrogen (secondary N) is 1. The lowest BCUT2D eigenvalue weighted by molar-refractivity contribution is 0.370. The topological polar surface area (TPSA) is 21.3 Å². The Hall–Kier alpha value is -1.02. The molecule has 0 aliphatic rings. The van der Waals surface area contributed by atoms with E-state index in [2.05, 4.69) is 51.2 Å². The van der Waals surface area contributed by atoms with Crippen molar-refractivity contribution in [1.82, 2.24) is 5.32 Å². The summed E-state index contributed by atoms with van der Waals surface area (Å²) in [6, 6.07) is 6.81. The first-order valence-electron chi connectivity index (χ1n) is 6.48. The quantitative estimate of drug-likeness (QED) is 0.811. The zero-order valence-electron chi connectivity index (χ0n) is 11.7. The zero-order valence-corrected chi connectivity index (χ0v) is 11.7. The summed E-state index contributed by atoms with van der Waals surface area (Å²) in [4.78, 5) is 0. The summed E-state index contributed by atoms with van der Waals surface area (Å²) in [6.45, 7) is 9.81. The first kappa shape index (κ1) is 14.0. The molecular weight excluding hydrogens is 210 g/mol. The molecule has 0 aromatic heterocycles. The predicted octanol–water partition coefficient (Wildman–Crippen LogP) is 3.70. The minimum absolute atomic E-state index is 0.366. The van der Waals surface area contributed by atoms with Crippen LogP contribution in [-0.4, -0.2) is 13.7 Å². The Kier molecular flexibility index (Phi) is 5.49. The van der Waals surface area contributed by atoms with Crippen LogP contribution in [-0.2, 0) is 0 Å². The van der Waals surface area contributed by atoms with E-state index in [0.717, 1.165) is 18.7 Å². The van der Waals surface area contributed by atoms with Crippen molar-refractivity contribution in [3.8, 4) is 5.75 Å². The van der Waals surface area contributed by atoms with Gasteiger partial charge in [-0.1, -0.05) is 32.9 Å². The standard InChI is InChI=1S/C15H25NO/c1-6-9-16-15(11(2)3)13-8-7-12(4)10-14(13)17-5/h7-8,10-11,15-16H,6,9H2,1-5H3. The maximum Gasteiger partial charge on any atom is 0.123 e. The van der Waals surface area contributed by atoms with E-state index in [9.17, 15) is 0 Å². The Balaban J connectivity index is 3.00. The second-order valence-electron chi connectivity index (χ2n) is 4.92. The van der Waals surface area contributed by atoms with Gasteiger partial charge in [0, 0.05) is 11.6 Å². The van der Waals surface area contributed by atoms with Crippen LogP contribution in [0.5, 0.6) is 5.75 Å². The van der Waals surface area contributed by atoms with E-state index in [1.807, 2.05) is 0 Å². The van der Waals surface area contributed by atoms with Gasteiger partial charge in [0.15, 0.2) is 0 Å². The van der Waals surface area contributed by atoms with Gasteiger partial charge >= 0.3 is 0 Å². The molecule has 96 valence electrons. The van der Waals surface area contributed by atoms with Crippen LogP contribution in [0.4, 0.5) is 0 Å². The van der Waals surface area contributed by atoms with Gasteiger partial charge < -0.3 is 10.1 Å². The molecule has 1 atom stereocenters. The van der Waals surface area contributed by atoms with Crippen LogP contribution in [0, 0.1) is 12.8 Å². The van der Waals surface area contributed by atoms with Crippen molar-refractivity contribution in [1.29, 1.82) is 0 Å². The van der Waals surface area contributed by atoms with Gasteiger partial charge in [-0.15, -0.1) is 0 Å². The van der Waals surface area contributed by atoms with Gasteiger partial charge in [0.2, 0.25) is 0 Å². The molecule has 1 aromatic rings. The number of ether oxygens (including phenoxy) is 1. The van der Waals surface area contributed by atoms with Crippen molar-refractivity contribution in [2.45, 2.75) is 40.2 Å². The van der Waals surface area contributed by atoms with Gasteiger partial charge in [-0.25, -0.2) is 0 Å². The average molecular weight is 235 g/mol. The molecule has 0 spiro atoms. The SMILES string of the molecule is CCCNC(c1ccc(C)cc1OC)C(C)C. The summed E-state index contributed by atoms with van der Waals surface area (Å²) < 4.78 is 5.50. The maximum atomic E-state index is 5.50. The van der Waals surface area contributed by atoms with Crippen LogP contribution in [0.2, 0.25) is 0 Å². The fourth-order valence-electron chi connectivity index (χ4n) is 2.08. The van der Waals surface area contributed by atoms with E-state index in [1.54, 1.807) is 7.11 Å². The van der Waals surface area contributed by atoms with Crippen LogP contribution in [0.3, 0.4) is 0 Å². The molecule has 1 N–H and O–H groups in total. The molecule has 2 nitrogen and oxygen atoms in total. The molecular formula is C15H25NO. The first-order valence-corrected chi connectivity index (χ1v) is 6.48. The number of rotatable bonds is 6. The highest BCUT2D eigenvalue weighted by molar-refractivity contribution is 5.39. The third-order valence-corrected chi connectivity index (χ3v) is 3.00. The third-order valence-electron chi connectivity index (χ3n) is 3.00. The third kappa shape index (κ3) is 3.74. The van der Waals surface area contributed by atoms with Crippen molar-refractivity contribution < 1.29 is 4.74 Å². The number of benzene rings is 1. The molecule has 1 aromatic carbocycles. The zero-order chi connectivity index (χ0) is 12.8. The van der Waals surface area contributed by atoms with Crippen LogP contribution in [0.1, 0.15) is 44.4 Å². The molecule has 2 heteroatoms. The average Bonchev–Trinajstić information content (AvgIpc) is 2.30. The van der Waals surface area contributed by atoms with Gasteiger partial charge in [-0.2, -0.15) is 0 Å². The molecule has 1 rings (SSSR count). The summed E-state index contributed by atoms with van der Waals surface area (Å²) in [5, 5.41) is 3.60. The van der Waals surface area contributed by atoms with E-state index in [0.29, 0.717) is 12.0 Å². The van der Waals surface area contributed by atoms with Crippen molar-refractivity contribution in [2.24, 2.45) is 5.92 Å². The Labute approximate surface area is 105 Å². The van der Waals surface area contributed by atoms with E-state index < -0.39 is 0 Å². The Morgan fingerprint density at radius 3 is 2.53 bits per heavy atom. The van der Waals surface area contributed by atoms with Gasteiger partial charge in [-0.3, -0.25) is 0 Å².